The van der Waals surface area contributed by atoms with Crippen LogP contribution in [-0.2, 0) is 19.2 Å². The molecule has 0 aromatic carbocycles. The van der Waals surface area contributed by atoms with E-state index in [1.165, 1.54) is 5.06 Å². The number of esters is 1. The van der Waals surface area contributed by atoms with E-state index in [0.717, 1.165) is 0 Å². The lowest BCUT2D eigenvalue weighted by molar-refractivity contribution is -0.259. The first-order valence-corrected chi connectivity index (χ1v) is 6.00. The van der Waals surface area contributed by atoms with Gasteiger partial charge in [0.2, 0.25) is 0 Å². The summed E-state index contributed by atoms with van der Waals surface area (Å²) in [7, 11) is 0. The molecule has 2 fully saturated rings. The minimum atomic E-state index is -0.645. The maximum Gasteiger partial charge on any atom is 0.325 e. The predicted molar refractivity (Wildman–Crippen MR) is 56.4 cm³/mol. The number of carbonyl (C=O) groups excluding carboxylic acids is 2. The maximum atomic E-state index is 11.5. The number of aliphatic hydroxyl groups excluding tert-OH is 1. The van der Waals surface area contributed by atoms with Crippen molar-refractivity contribution in [2.75, 3.05) is 6.54 Å². The van der Waals surface area contributed by atoms with Gasteiger partial charge in [0.05, 0.1) is 6.10 Å². The third kappa shape index (κ3) is 3.41. The van der Waals surface area contributed by atoms with Gasteiger partial charge in [-0.15, -0.1) is 0 Å². The normalized spacial score (nSPS) is 32.3. The summed E-state index contributed by atoms with van der Waals surface area (Å²) in [5.41, 5.74) is 0. The maximum absolute atomic E-state index is 11.5. The molecular weight excluding hydrogens is 226 g/mol. The molecular formula is C11H17NO5. The minimum absolute atomic E-state index is 0.291. The van der Waals surface area contributed by atoms with Gasteiger partial charge in [-0.25, -0.2) is 0 Å². The molecule has 2 unspecified atom stereocenters. The van der Waals surface area contributed by atoms with Crippen LogP contribution in [0.15, 0.2) is 0 Å². The van der Waals surface area contributed by atoms with Gasteiger partial charge in [0.15, 0.2) is 6.23 Å². The van der Waals surface area contributed by atoms with Gasteiger partial charge < -0.3 is 14.7 Å². The second-order valence-electron chi connectivity index (χ2n) is 4.43. The lowest BCUT2D eigenvalue weighted by atomic mass is 10.1. The van der Waals surface area contributed by atoms with Gasteiger partial charge in [-0.1, -0.05) is 5.06 Å². The first kappa shape index (κ1) is 12.3. The van der Waals surface area contributed by atoms with E-state index in [4.69, 9.17) is 9.57 Å². The number of aliphatic hydroxyl groups is 1. The van der Waals surface area contributed by atoms with Gasteiger partial charge >= 0.3 is 11.9 Å². The molecule has 0 bridgehead atoms. The van der Waals surface area contributed by atoms with Crippen LogP contribution in [0.5, 0.6) is 0 Å². The van der Waals surface area contributed by atoms with Crippen molar-refractivity contribution >= 4 is 11.9 Å². The van der Waals surface area contributed by atoms with Crippen LogP contribution in [0.3, 0.4) is 0 Å². The van der Waals surface area contributed by atoms with Crippen molar-refractivity contribution in [1.82, 2.24) is 5.06 Å². The Morgan fingerprint density at radius 3 is 2.65 bits per heavy atom. The van der Waals surface area contributed by atoms with E-state index in [2.05, 4.69) is 0 Å². The third-order valence-corrected chi connectivity index (χ3v) is 2.98. The van der Waals surface area contributed by atoms with Crippen LogP contribution in [0.1, 0.15) is 38.5 Å². The number of nitrogens with zero attached hydrogens (tertiary/aromatic N) is 1. The molecule has 0 saturated carbocycles. The highest BCUT2D eigenvalue weighted by atomic mass is 16.7. The summed E-state index contributed by atoms with van der Waals surface area (Å²) in [6, 6.07) is 0. The molecule has 0 aromatic rings. The van der Waals surface area contributed by atoms with E-state index >= 15 is 0 Å². The van der Waals surface area contributed by atoms with E-state index < -0.39 is 12.3 Å². The largest absolute Gasteiger partial charge is 0.443 e. The average Bonchev–Trinajstić information content (AvgIpc) is 2.28. The molecule has 2 aliphatic heterocycles. The topological polar surface area (TPSA) is 76.1 Å². The number of piperidine rings is 1. The highest BCUT2D eigenvalue weighted by molar-refractivity contribution is 5.71. The van der Waals surface area contributed by atoms with Crippen LogP contribution < -0.4 is 0 Å². The summed E-state index contributed by atoms with van der Waals surface area (Å²) in [5, 5.41) is 10.9. The molecule has 2 rings (SSSR count). The Hall–Kier alpha value is -1.14. The Labute approximate surface area is 99.4 Å². The number of ether oxygens (including phenoxy) is 1. The van der Waals surface area contributed by atoms with Crippen LogP contribution >= 0.6 is 0 Å². The van der Waals surface area contributed by atoms with Gasteiger partial charge in [0.1, 0.15) is 0 Å². The van der Waals surface area contributed by atoms with E-state index in [9.17, 15) is 14.7 Å². The van der Waals surface area contributed by atoms with Crippen molar-refractivity contribution in [3.63, 3.8) is 0 Å². The van der Waals surface area contributed by atoms with Crippen LogP contribution in [-0.4, -0.2) is 41.0 Å². The molecule has 0 amide bonds. The third-order valence-electron chi connectivity index (χ3n) is 2.98. The Morgan fingerprint density at radius 2 is 1.88 bits per heavy atom. The van der Waals surface area contributed by atoms with E-state index in [0.29, 0.717) is 45.1 Å². The number of hydrogen-bond donors (Lipinski definition) is 1. The summed E-state index contributed by atoms with van der Waals surface area (Å²) in [6.45, 7) is 0.394. The zero-order chi connectivity index (χ0) is 12.3. The van der Waals surface area contributed by atoms with Crippen LogP contribution in [0.4, 0.5) is 0 Å². The number of fused-ring (bicyclic) bond motifs is 1. The molecule has 2 atom stereocenters. The summed E-state index contributed by atoms with van der Waals surface area (Å²) >= 11 is 0. The van der Waals surface area contributed by atoms with E-state index in [-0.39, 0.29) is 11.9 Å². The molecule has 0 radical (unpaired) electrons. The fraction of sp³-hybridized carbons (Fsp3) is 0.818. The van der Waals surface area contributed by atoms with Crippen molar-refractivity contribution in [3.05, 3.63) is 0 Å². The van der Waals surface area contributed by atoms with Gasteiger partial charge in [-0.3, -0.25) is 9.59 Å². The SMILES string of the molecule is O=C1CCCCC(=O)ON2CCC(O)CC2O1. The second kappa shape index (κ2) is 5.46. The van der Waals surface area contributed by atoms with Gasteiger partial charge in [0, 0.05) is 25.8 Å². The quantitative estimate of drug-likeness (QED) is 0.618. The molecule has 6 heteroatoms. The first-order chi connectivity index (χ1) is 8.15. The van der Waals surface area contributed by atoms with E-state index in [1.807, 2.05) is 0 Å². The number of rotatable bonds is 0. The molecule has 2 heterocycles. The van der Waals surface area contributed by atoms with Gasteiger partial charge in [0.25, 0.3) is 0 Å². The number of hydroxylamine groups is 2. The lowest BCUT2D eigenvalue weighted by Gasteiger charge is -2.35. The Balaban J connectivity index is 2.04. The zero-order valence-electron chi connectivity index (χ0n) is 9.63. The Morgan fingerprint density at radius 1 is 1.18 bits per heavy atom. The Kier molecular flexibility index (Phi) is 3.96. The molecule has 1 N–H and O–H groups in total. The van der Waals surface area contributed by atoms with Crippen LogP contribution in [0.2, 0.25) is 0 Å². The summed E-state index contributed by atoms with van der Waals surface area (Å²) in [4.78, 5) is 28.1. The van der Waals surface area contributed by atoms with Crippen molar-refractivity contribution in [3.8, 4) is 0 Å². The predicted octanol–water partition coefficient (Wildman–Crippen LogP) is 0.345. The molecule has 0 aliphatic carbocycles. The molecule has 96 valence electrons. The van der Waals surface area contributed by atoms with Crippen molar-refractivity contribution in [2.24, 2.45) is 0 Å². The molecule has 0 aromatic heterocycles. The van der Waals surface area contributed by atoms with Gasteiger partial charge in [-0.2, -0.15) is 0 Å². The fourth-order valence-electron chi connectivity index (χ4n) is 2.03. The molecule has 17 heavy (non-hydrogen) atoms. The Bertz CT molecular complexity index is 306. The van der Waals surface area contributed by atoms with Crippen LogP contribution in [0, 0.1) is 0 Å². The van der Waals surface area contributed by atoms with Crippen molar-refractivity contribution in [2.45, 2.75) is 50.9 Å². The fourth-order valence-corrected chi connectivity index (χ4v) is 2.03. The second-order valence-corrected chi connectivity index (χ2v) is 4.43. The smallest absolute Gasteiger partial charge is 0.325 e. The summed E-state index contributed by atoms with van der Waals surface area (Å²) in [5.74, 6) is -0.601. The monoisotopic (exact) mass is 243 g/mol. The van der Waals surface area contributed by atoms with Crippen molar-refractivity contribution < 1.29 is 24.3 Å². The highest BCUT2D eigenvalue weighted by Gasteiger charge is 2.33. The molecule has 2 aliphatic rings. The number of hydrogen-bond acceptors (Lipinski definition) is 6. The van der Waals surface area contributed by atoms with Crippen LogP contribution in [0.25, 0.3) is 0 Å². The standard InChI is InChI=1S/C11H17NO5/c13-8-5-6-12-9(7-8)16-10(14)3-1-2-4-11(15)17-12/h8-9,13H,1-7H2. The zero-order valence-corrected chi connectivity index (χ0v) is 9.63. The molecule has 0 spiro atoms. The summed E-state index contributed by atoms with van der Waals surface area (Å²) < 4.78 is 5.20. The lowest BCUT2D eigenvalue weighted by Crippen LogP contribution is -2.47. The molecule has 6 nitrogen and oxygen atoms in total. The summed E-state index contributed by atoms with van der Waals surface area (Å²) in [6.07, 6.45) is 1.55. The number of carbonyl (C=O) groups is 2. The first-order valence-electron chi connectivity index (χ1n) is 6.00. The van der Waals surface area contributed by atoms with Crippen molar-refractivity contribution in [1.29, 1.82) is 0 Å². The molecule has 2 saturated heterocycles. The highest BCUT2D eigenvalue weighted by Crippen LogP contribution is 2.21. The average molecular weight is 243 g/mol. The van der Waals surface area contributed by atoms with Gasteiger partial charge in [-0.05, 0) is 19.3 Å². The van der Waals surface area contributed by atoms with E-state index in [1.54, 1.807) is 0 Å². The minimum Gasteiger partial charge on any atom is -0.443 e.